The number of carbonyl (C=O) groups is 2. The van der Waals surface area contributed by atoms with Gasteiger partial charge in [-0.2, -0.15) is 0 Å². The van der Waals surface area contributed by atoms with Gasteiger partial charge in [-0.25, -0.2) is 19.3 Å². The van der Waals surface area contributed by atoms with Crippen LogP contribution in [0.25, 0.3) is 16.9 Å². The minimum Gasteiger partial charge on any atom is -0.497 e. The Hall–Kier alpha value is -7.63. The molecule has 4 N–H and O–H groups in total. The highest BCUT2D eigenvalue weighted by molar-refractivity contribution is 6.05. The van der Waals surface area contributed by atoms with E-state index >= 15 is 0 Å². The second kappa shape index (κ2) is 18.8. The van der Waals surface area contributed by atoms with E-state index in [1.807, 2.05) is 54.6 Å². The Labute approximate surface area is 369 Å². The second-order valence-electron chi connectivity index (χ2n) is 15.6. The number of aromatic nitrogens is 6. The molecule has 0 spiro atoms. The van der Waals surface area contributed by atoms with Gasteiger partial charge in [0.25, 0.3) is 11.8 Å². The highest BCUT2D eigenvalue weighted by Crippen LogP contribution is 2.31. The molecule has 64 heavy (non-hydrogen) atoms. The van der Waals surface area contributed by atoms with Crippen molar-refractivity contribution in [1.82, 2.24) is 39.7 Å². The summed E-state index contributed by atoms with van der Waals surface area (Å²) in [4.78, 5) is 63.1. The van der Waals surface area contributed by atoms with Crippen LogP contribution in [0.3, 0.4) is 0 Å². The maximum Gasteiger partial charge on any atom is 0.334 e. The molecule has 0 unspecified atom stereocenters. The van der Waals surface area contributed by atoms with E-state index in [2.05, 4.69) is 68.0 Å². The van der Waals surface area contributed by atoms with Gasteiger partial charge in [-0.1, -0.05) is 30.3 Å². The lowest BCUT2D eigenvalue weighted by molar-refractivity contribution is 0.101. The predicted octanol–water partition coefficient (Wildman–Crippen LogP) is 4.45. The first-order chi connectivity index (χ1) is 31.3. The fourth-order valence-corrected chi connectivity index (χ4v) is 8.28. The first kappa shape index (κ1) is 41.7. The lowest BCUT2D eigenvalue weighted by atomic mass is 10.1. The summed E-state index contributed by atoms with van der Waals surface area (Å²) < 4.78 is 8.43. The van der Waals surface area contributed by atoms with Crippen LogP contribution in [0, 0.1) is 0 Å². The number of benzene rings is 2. The average molecular weight is 860 g/mol. The molecule has 2 aromatic carbocycles. The summed E-state index contributed by atoms with van der Waals surface area (Å²) in [7, 11) is 3.39. The van der Waals surface area contributed by atoms with Crippen molar-refractivity contribution in [3.8, 4) is 11.6 Å². The van der Waals surface area contributed by atoms with Crippen LogP contribution in [0.2, 0.25) is 0 Å². The molecule has 0 bridgehead atoms. The molecule has 2 fully saturated rings. The Bertz CT molecular complexity index is 2870. The molecule has 3 aliphatic rings. The molecule has 10 rings (SSSR count). The van der Waals surface area contributed by atoms with Crippen LogP contribution in [-0.2, 0) is 20.1 Å². The van der Waals surface area contributed by atoms with E-state index in [1.165, 1.54) is 15.7 Å². The molecule has 2 saturated heterocycles. The van der Waals surface area contributed by atoms with E-state index in [0.29, 0.717) is 22.9 Å². The van der Waals surface area contributed by atoms with Gasteiger partial charge in [-0.3, -0.25) is 24.1 Å². The van der Waals surface area contributed by atoms with Gasteiger partial charge < -0.3 is 40.7 Å². The van der Waals surface area contributed by atoms with Crippen LogP contribution in [-0.4, -0.2) is 100 Å². The molecule has 5 aromatic heterocycles. The molecular formula is C47H49N13O4. The molecule has 0 radical (unpaired) electrons. The number of rotatable bonds is 9. The van der Waals surface area contributed by atoms with Gasteiger partial charge in [0.2, 0.25) is 0 Å². The van der Waals surface area contributed by atoms with Crippen LogP contribution in [0.15, 0.2) is 121 Å². The molecule has 326 valence electrons. The van der Waals surface area contributed by atoms with Gasteiger partial charge in [0.05, 0.1) is 53.3 Å². The number of nitrogens with one attached hydrogen (secondary N) is 4. The lowest BCUT2D eigenvalue weighted by Gasteiger charge is -2.30. The highest BCUT2D eigenvalue weighted by Gasteiger charge is 2.23. The van der Waals surface area contributed by atoms with Crippen molar-refractivity contribution in [2.45, 2.75) is 13.1 Å². The summed E-state index contributed by atoms with van der Waals surface area (Å²) in [6.45, 7) is 8.59. The Balaban J connectivity index is 0.000000162. The Morgan fingerprint density at radius 1 is 0.625 bits per heavy atom. The average Bonchev–Trinajstić information content (AvgIpc) is 3.90. The zero-order valence-corrected chi connectivity index (χ0v) is 35.7. The maximum atomic E-state index is 13.1. The number of para-hydroxylation sites is 2. The molecule has 0 saturated carbocycles. The van der Waals surface area contributed by atoms with Gasteiger partial charge in [-0.15, -0.1) is 0 Å². The van der Waals surface area contributed by atoms with Crippen molar-refractivity contribution in [3.05, 3.63) is 149 Å². The Morgan fingerprint density at radius 3 is 1.77 bits per heavy atom. The topological polar surface area (TPSA) is 180 Å². The van der Waals surface area contributed by atoms with E-state index in [4.69, 9.17) is 4.74 Å². The van der Waals surface area contributed by atoms with Gasteiger partial charge >= 0.3 is 5.69 Å². The Kier molecular flexibility index (Phi) is 12.2. The second-order valence-corrected chi connectivity index (χ2v) is 15.6. The number of carbonyl (C=O) groups excluding carboxylic acids is 2. The smallest absolute Gasteiger partial charge is 0.334 e. The predicted molar refractivity (Wildman–Crippen MR) is 248 cm³/mol. The van der Waals surface area contributed by atoms with Crippen molar-refractivity contribution in [2.24, 2.45) is 7.05 Å². The number of hydrogen-bond donors (Lipinski definition) is 4. The number of methoxy groups -OCH3 is 1. The standard InChI is InChI=1S/C24H26N6O2.C23H23N7O2/c1-32-19-6-5-17-15-30(16-18(17)13-19)23-4-2-3-20(27-23)24(31)28-21-14-26-8-7-22(21)29-11-9-25-10-12-29;1-28-19-6-2-3-7-20(19)30(23(28)32)21-8-4-5-16(26-21)22(31)27-17-15-25-10-9-18(17)29-13-11-24-12-14-29/h2-8,13-14,25H,9-12,15-16H2,1H3,(H,28,31);2-10,15,24H,11-14H2,1H3,(H,27,31). The van der Waals surface area contributed by atoms with Crippen LogP contribution < -0.4 is 46.4 Å². The lowest BCUT2D eigenvalue weighted by Crippen LogP contribution is -2.43. The first-order valence-electron chi connectivity index (χ1n) is 21.3. The van der Waals surface area contributed by atoms with Gasteiger partial charge in [0.1, 0.15) is 28.8 Å². The number of nitrogens with zero attached hydrogens (tertiary/aromatic N) is 9. The normalized spacial score (nSPS) is 14.7. The van der Waals surface area contributed by atoms with E-state index in [1.54, 1.807) is 67.8 Å². The summed E-state index contributed by atoms with van der Waals surface area (Å²) in [5, 5.41) is 12.6. The van der Waals surface area contributed by atoms with Crippen LogP contribution in [0.4, 0.5) is 28.6 Å². The quantitative estimate of drug-likeness (QED) is 0.160. The fraction of sp³-hybridized carbons (Fsp3) is 0.255. The zero-order valence-electron chi connectivity index (χ0n) is 35.7. The molecule has 0 atom stereocenters. The van der Waals surface area contributed by atoms with Crippen molar-refractivity contribution in [2.75, 3.05) is 84.8 Å². The number of fused-ring (bicyclic) bond motifs is 2. The number of ether oxygens (including phenoxy) is 1. The summed E-state index contributed by atoms with van der Waals surface area (Å²) in [6, 6.07) is 28.1. The molecule has 3 aliphatic heterocycles. The monoisotopic (exact) mass is 859 g/mol. The van der Waals surface area contributed by atoms with Crippen LogP contribution >= 0.6 is 0 Å². The highest BCUT2D eigenvalue weighted by atomic mass is 16.5. The summed E-state index contributed by atoms with van der Waals surface area (Å²) in [6.07, 6.45) is 6.82. The SMILES string of the molecule is COc1ccc2c(c1)CN(c1cccc(C(=O)Nc3cnccc3N3CCNCC3)n1)C2.Cn1c(=O)n(-c2cccc(C(=O)Nc3cnccc3N3CCNCC3)n2)c2ccccc21. The van der Waals surface area contributed by atoms with Crippen molar-refractivity contribution in [3.63, 3.8) is 0 Å². The number of hydrogen-bond acceptors (Lipinski definition) is 13. The molecule has 17 nitrogen and oxygen atoms in total. The molecular weight excluding hydrogens is 811 g/mol. The van der Waals surface area contributed by atoms with Crippen molar-refractivity contribution >= 4 is 51.4 Å². The number of pyridine rings is 4. The van der Waals surface area contributed by atoms with E-state index in [-0.39, 0.29) is 23.2 Å². The van der Waals surface area contributed by atoms with E-state index in [0.717, 1.165) is 99.4 Å². The Morgan fingerprint density at radius 2 is 1.17 bits per heavy atom. The van der Waals surface area contributed by atoms with Crippen LogP contribution in [0.5, 0.6) is 5.75 Å². The minimum atomic E-state index is -0.357. The summed E-state index contributed by atoms with van der Waals surface area (Å²) in [5.41, 5.74) is 7.62. The molecule has 17 heteroatoms. The molecule has 7 aromatic rings. The molecule has 8 heterocycles. The fourth-order valence-electron chi connectivity index (χ4n) is 8.28. The summed E-state index contributed by atoms with van der Waals surface area (Å²) >= 11 is 0. The zero-order chi connectivity index (χ0) is 44.0. The van der Waals surface area contributed by atoms with Crippen LogP contribution in [0.1, 0.15) is 32.1 Å². The third kappa shape index (κ3) is 8.84. The molecule has 0 aliphatic carbocycles. The number of imidazole rings is 1. The maximum absolute atomic E-state index is 13.1. The van der Waals surface area contributed by atoms with Crippen molar-refractivity contribution in [1.29, 1.82) is 0 Å². The van der Waals surface area contributed by atoms with E-state index < -0.39 is 0 Å². The minimum absolute atomic E-state index is 0.218. The number of amides is 2. The van der Waals surface area contributed by atoms with Gasteiger partial charge in [0, 0.05) is 84.9 Å². The van der Waals surface area contributed by atoms with E-state index in [9.17, 15) is 14.4 Å². The molecule has 2 amide bonds. The van der Waals surface area contributed by atoms with Crippen molar-refractivity contribution < 1.29 is 14.3 Å². The van der Waals surface area contributed by atoms with Gasteiger partial charge in [-0.05, 0) is 71.8 Å². The van der Waals surface area contributed by atoms with Gasteiger partial charge in [0.15, 0.2) is 0 Å². The number of anilines is 5. The number of piperazine rings is 2. The first-order valence-corrected chi connectivity index (χ1v) is 21.3. The third-order valence-electron chi connectivity index (χ3n) is 11.6. The third-order valence-corrected chi connectivity index (χ3v) is 11.6. The summed E-state index contributed by atoms with van der Waals surface area (Å²) in [5.74, 6) is 1.43. The number of aryl methyl sites for hydroxylation is 1. The largest absolute Gasteiger partial charge is 0.497 e.